The number of carbonyl (C=O) groups is 3. The first-order valence-electron chi connectivity index (χ1n) is 5.85. The van der Waals surface area contributed by atoms with Crippen LogP contribution in [0.25, 0.3) is 0 Å². The maximum absolute atomic E-state index is 11.7. The monoisotopic (exact) mass is 235 g/mol. The van der Waals surface area contributed by atoms with Crippen LogP contribution in [0.15, 0.2) is 11.6 Å². The quantitative estimate of drug-likeness (QED) is 0.393. The number of fused-ring (bicyclic) bond motifs is 3. The van der Waals surface area contributed by atoms with E-state index < -0.39 is 12.0 Å². The molecule has 2 amide bonds. The molecule has 1 unspecified atom stereocenters. The van der Waals surface area contributed by atoms with Crippen molar-refractivity contribution in [2.24, 2.45) is 11.8 Å². The standard InChI is InChI=1S/C12H13NO4/c14-5-7-3-1-6-2-4-8-9(10(6)17-7)12(16)13-11(8)15/h2,5,7-10H,1,3-4H2,(H,13,15,16)/t7?,8-,9-,10+/m0/s1. The second-order valence-corrected chi connectivity index (χ2v) is 4.77. The molecule has 2 aliphatic heterocycles. The van der Waals surface area contributed by atoms with Crippen molar-refractivity contribution >= 4 is 18.1 Å². The lowest BCUT2D eigenvalue weighted by molar-refractivity contribution is -0.137. The third-order valence-corrected chi connectivity index (χ3v) is 3.84. The zero-order valence-corrected chi connectivity index (χ0v) is 9.22. The van der Waals surface area contributed by atoms with E-state index in [0.29, 0.717) is 12.8 Å². The fourth-order valence-corrected chi connectivity index (χ4v) is 2.95. The van der Waals surface area contributed by atoms with E-state index in [0.717, 1.165) is 18.3 Å². The molecule has 1 aliphatic carbocycles. The van der Waals surface area contributed by atoms with Gasteiger partial charge in [0.15, 0.2) is 0 Å². The number of amides is 2. The summed E-state index contributed by atoms with van der Waals surface area (Å²) in [5.74, 6) is -1.24. The van der Waals surface area contributed by atoms with Gasteiger partial charge in [0.1, 0.15) is 12.4 Å². The summed E-state index contributed by atoms with van der Waals surface area (Å²) in [6.45, 7) is 0. The highest BCUT2D eigenvalue weighted by molar-refractivity contribution is 6.05. The Morgan fingerprint density at radius 2 is 2.18 bits per heavy atom. The van der Waals surface area contributed by atoms with Gasteiger partial charge in [-0.2, -0.15) is 0 Å². The molecule has 4 atom stereocenters. The molecule has 17 heavy (non-hydrogen) atoms. The van der Waals surface area contributed by atoms with Gasteiger partial charge in [-0.05, 0) is 24.8 Å². The fourth-order valence-electron chi connectivity index (χ4n) is 2.95. The van der Waals surface area contributed by atoms with Crippen molar-refractivity contribution in [1.82, 2.24) is 5.32 Å². The first kappa shape index (κ1) is 10.7. The molecule has 2 fully saturated rings. The van der Waals surface area contributed by atoms with Gasteiger partial charge in [-0.3, -0.25) is 14.9 Å². The second kappa shape index (κ2) is 3.77. The Bertz CT molecular complexity index is 428. The van der Waals surface area contributed by atoms with Gasteiger partial charge >= 0.3 is 0 Å². The highest BCUT2D eigenvalue weighted by Gasteiger charge is 2.50. The van der Waals surface area contributed by atoms with Gasteiger partial charge < -0.3 is 9.53 Å². The van der Waals surface area contributed by atoms with E-state index >= 15 is 0 Å². The van der Waals surface area contributed by atoms with Crippen LogP contribution in [0.2, 0.25) is 0 Å². The van der Waals surface area contributed by atoms with Gasteiger partial charge in [0.25, 0.3) is 0 Å². The molecule has 0 bridgehead atoms. The van der Waals surface area contributed by atoms with E-state index in [1.165, 1.54) is 0 Å². The number of nitrogens with one attached hydrogen (secondary N) is 1. The zero-order valence-electron chi connectivity index (χ0n) is 9.22. The molecule has 0 spiro atoms. The van der Waals surface area contributed by atoms with Gasteiger partial charge in [0.2, 0.25) is 11.8 Å². The minimum atomic E-state index is -0.445. The summed E-state index contributed by atoms with van der Waals surface area (Å²) >= 11 is 0. The number of imide groups is 1. The Labute approximate surface area is 98.2 Å². The van der Waals surface area contributed by atoms with E-state index in [1.807, 2.05) is 6.08 Å². The number of aldehydes is 1. The number of allylic oxidation sites excluding steroid dienone is 1. The van der Waals surface area contributed by atoms with Gasteiger partial charge in [-0.25, -0.2) is 0 Å². The molecule has 0 saturated carbocycles. The predicted molar refractivity (Wildman–Crippen MR) is 56.8 cm³/mol. The van der Waals surface area contributed by atoms with Crippen LogP contribution in [-0.4, -0.2) is 30.3 Å². The van der Waals surface area contributed by atoms with Crippen LogP contribution in [-0.2, 0) is 19.1 Å². The number of hydrogen-bond acceptors (Lipinski definition) is 4. The molecule has 3 rings (SSSR count). The van der Waals surface area contributed by atoms with Crippen LogP contribution in [0.5, 0.6) is 0 Å². The average molecular weight is 235 g/mol. The molecule has 90 valence electrons. The van der Waals surface area contributed by atoms with Crippen LogP contribution in [0.1, 0.15) is 19.3 Å². The topological polar surface area (TPSA) is 72.5 Å². The lowest BCUT2D eigenvalue weighted by Crippen LogP contribution is -2.43. The SMILES string of the molecule is O=CC1CCC2=CC[C@@H]3C(=O)NC(=O)[C@@H]3[C@@H]2O1. The molecule has 5 nitrogen and oxygen atoms in total. The van der Waals surface area contributed by atoms with Crippen LogP contribution < -0.4 is 5.32 Å². The Hall–Kier alpha value is -1.49. The molecule has 2 heterocycles. The molecular formula is C12H13NO4. The molecule has 5 heteroatoms. The molecule has 1 N–H and O–H groups in total. The summed E-state index contributed by atoms with van der Waals surface area (Å²) in [5.41, 5.74) is 1.06. The average Bonchev–Trinajstić information content (AvgIpc) is 2.64. The predicted octanol–water partition coefficient (Wildman–Crippen LogP) is -0.0482. The highest BCUT2D eigenvalue weighted by Crippen LogP contribution is 2.40. The van der Waals surface area contributed by atoms with Crippen LogP contribution in [0, 0.1) is 11.8 Å². The van der Waals surface area contributed by atoms with Crippen molar-refractivity contribution in [2.75, 3.05) is 0 Å². The zero-order chi connectivity index (χ0) is 12.0. The first-order chi connectivity index (χ1) is 8.20. The minimum Gasteiger partial charge on any atom is -0.362 e. The number of rotatable bonds is 1. The first-order valence-corrected chi connectivity index (χ1v) is 5.85. The summed E-state index contributed by atoms with van der Waals surface area (Å²) in [6, 6.07) is 0. The summed E-state index contributed by atoms with van der Waals surface area (Å²) in [5, 5.41) is 2.35. The maximum atomic E-state index is 11.7. The smallest absolute Gasteiger partial charge is 0.233 e. The van der Waals surface area contributed by atoms with Crippen molar-refractivity contribution in [3.8, 4) is 0 Å². The van der Waals surface area contributed by atoms with Crippen molar-refractivity contribution in [3.63, 3.8) is 0 Å². The highest BCUT2D eigenvalue weighted by atomic mass is 16.5. The Morgan fingerprint density at radius 3 is 2.94 bits per heavy atom. The summed E-state index contributed by atoms with van der Waals surface area (Å²) in [4.78, 5) is 34.1. The maximum Gasteiger partial charge on any atom is 0.233 e. The van der Waals surface area contributed by atoms with Crippen molar-refractivity contribution in [1.29, 1.82) is 0 Å². The largest absolute Gasteiger partial charge is 0.362 e. The van der Waals surface area contributed by atoms with E-state index in [1.54, 1.807) is 0 Å². The third-order valence-electron chi connectivity index (χ3n) is 3.84. The van der Waals surface area contributed by atoms with E-state index in [2.05, 4.69) is 5.32 Å². The number of carbonyl (C=O) groups excluding carboxylic acids is 3. The number of hydrogen-bond donors (Lipinski definition) is 1. The summed E-state index contributed by atoms with van der Waals surface area (Å²) in [7, 11) is 0. The van der Waals surface area contributed by atoms with Crippen molar-refractivity contribution in [2.45, 2.75) is 31.5 Å². The fraction of sp³-hybridized carbons (Fsp3) is 0.583. The molecule has 2 saturated heterocycles. The lowest BCUT2D eigenvalue weighted by atomic mass is 9.76. The van der Waals surface area contributed by atoms with Gasteiger partial charge in [0.05, 0.1) is 17.9 Å². The summed E-state index contributed by atoms with van der Waals surface area (Å²) in [6.07, 6.45) is 3.98. The van der Waals surface area contributed by atoms with Crippen molar-refractivity contribution < 1.29 is 19.1 Å². The van der Waals surface area contributed by atoms with Crippen LogP contribution >= 0.6 is 0 Å². The molecule has 0 radical (unpaired) electrons. The molecule has 0 aromatic rings. The van der Waals surface area contributed by atoms with Gasteiger partial charge in [-0.15, -0.1) is 0 Å². The molecule has 0 aromatic heterocycles. The van der Waals surface area contributed by atoms with E-state index in [-0.39, 0.29) is 23.8 Å². The normalized spacial score (nSPS) is 40.1. The van der Waals surface area contributed by atoms with Gasteiger partial charge in [0, 0.05) is 0 Å². The Balaban J connectivity index is 1.92. The molecular weight excluding hydrogens is 222 g/mol. The Kier molecular flexibility index (Phi) is 2.36. The lowest BCUT2D eigenvalue weighted by Gasteiger charge is -2.37. The number of ether oxygens (including phenoxy) is 1. The third kappa shape index (κ3) is 1.53. The van der Waals surface area contributed by atoms with Crippen LogP contribution in [0.4, 0.5) is 0 Å². The molecule has 3 aliphatic rings. The second-order valence-electron chi connectivity index (χ2n) is 4.77. The minimum absolute atomic E-state index is 0.216. The molecule has 0 aromatic carbocycles. The summed E-state index contributed by atoms with van der Waals surface area (Å²) < 4.78 is 5.62. The van der Waals surface area contributed by atoms with Crippen LogP contribution in [0.3, 0.4) is 0 Å². The Morgan fingerprint density at radius 1 is 1.35 bits per heavy atom. The van der Waals surface area contributed by atoms with E-state index in [9.17, 15) is 14.4 Å². The van der Waals surface area contributed by atoms with Gasteiger partial charge in [-0.1, -0.05) is 6.08 Å². The van der Waals surface area contributed by atoms with E-state index in [4.69, 9.17) is 4.74 Å². The van der Waals surface area contributed by atoms with Crippen molar-refractivity contribution in [3.05, 3.63) is 11.6 Å².